The van der Waals surface area contributed by atoms with Crippen molar-refractivity contribution in [3.8, 4) is 0 Å². The summed E-state index contributed by atoms with van der Waals surface area (Å²) in [4.78, 5) is 14.5. The van der Waals surface area contributed by atoms with Gasteiger partial charge in [0.25, 0.3) is 0 Å². The van der Waals surface area contributed by atoms with E-state index in [-0.39, 0.29) is 11.8 Å². The molecule has 0 aromatic heterocycles. The van der Waals surface area contributed by atoms with Gasteiger partial charge >= 0.3 is 0 Å². The molecule has 0 spiro atoms. The van der Waals surface area contributed by atoms with Crippen molar-refractivity contribution in [1.82, 2.24) is 5.32 Å². The zero-order valence-corrected chi connectivity index (χ0v) is 13.7. The molecule has 3 heteroatoms. The third-order valence-corrected chi connectivity index (χ3v) is 5.15. The molecule has 1 saturated heterocycles. The molecule has 1 amide bonds. The fourth-order valence-electron chi connectivity index (χ4n) is 3.77. The number of nitrogens with one attached hydrogen (secondary N) is 1. The zero-order valence-electron chi connectivity index (χ0n) is 13.7. The van der Waals surface area contributed by atoms with E-state index in [1.165, 1.54) is 43.5 Å². The number of anilines is 1. The Bertz CT molecular complexity index is 491. The highest BCUT2D eigenvalue weighted by atomic mass is 16.1. The molecule has 2 fully saturated rings. The average Bonchev–Trinajstić information content (AvgIpc) is 3.08. The van der Waals surface area contributed by atoms with Gasteiger partial charge in [0.05, 0.1) is 0 Å². The highest BCUT2D eigenvalue weighted by molar-refractivity contribution is 5.78. The van der Waals surface area contributed by atoms with Crippen molar-refractivity contribution in [1.29, 1.82) is 0 Å². The van der Waals surface area contributed by atoms with Crippen LogP contribution in [0.5, 0.6) is 0 Å². The molecule has 0 bridgehead atoms. The first-order valence-corrected chi connectivity index (χ1v) is 8.84. The molecule has 1 unspecified atom stereocenters. The molecule has 3 nitrogen and oxygen atoms in total. The number of carbonyl (C=O) groups is 1. The minimum absolute atomic E-state index is 0.242. The number of amides is 1. The van der Waals surface area contributed by atoms with Crippen LogP contribution >= 0.6 is 0 Å². The van der Waals surface area contributed by atoms with Crippen LogP contribution in [0.3, 0.4) is 0 Å². The van der Waals surface area contributed by atoms with E-state index in [2.05, 4.69) is 41.4 Å². The molecule has 1 aliphatic carbocycles. The van der Waals surface area contributed by atoms with Crippen LogP contribution in [0, 0.1) is 11.8 Å². The van der Waals surface area contributed by atoms with E-state index in [9.17, 15) is 4.79 Å². The predicted octanol–water partition coefficient (Wildman–Crippen LogP) is 3.73. The summed E-state index contributed by atoms with van der Waals surface area (Å²) in [5.41, 5.74) is 2.51. The topological polar surface area (TPSA) is 32.3 Å². The lowest BCUT2D eigenvalue weighted by Gasteiger charge is -2.32. The Hall–Kier alpha value is -1.51. The van der Waals surface area contributed by atoms with Gasteiger partial charge in [0.2, 0.25) is 5.91 Å². The normalized spacial score (nSPS) is 22.8. The van der Waals surface area contributed by atoms with Crippen LogP contribution in [0.4, 0.5) is 5.69 Å². The van der Waals surface area contributed by atoms with Gasteiger partial charge < -0.3 is 10.2 Å². The van der Waals surface area contributed by atoms with E-state index in [4.69, 9.17) is 0 Å². The predicted molar refractivity (Wildman–Crippen MR) is 90.9 cm³/mol. The zero-order chi connectivity index (χ0) is 15.4. The van der Waals surface area contributed by atoms with E-state index in [1.807, 2.05) is 0 Å². The number of carbonyl (C=O) groups excluding carboxylic acids is 1. The van der Waals surface area contributed by atoms with Crippen LogP contribution in [-0.4, -0.2) is 19.0 Å². The van der Waals surface area contributed by atoms with Crippen LogP contribution in [0.2, 0.25) is 0 Å². The van der Waals surface area contributed by atoms with E-state index in [1.54, 1.807) is 0 Å². The van der Waals surface area contributed by atoms with Crippen LogP contribution < -0.4 is 10.2 Å². The largest absolute Gasteiger partial charge is 0.371 e. The van der Waals surface area contributed by atoms with Crippen molar-refractivity contribution < 1.29 is 4.79 Å². The van der Waals surface area contributed by atoms with Crippen molar-refractivity contribution in [2.45, 2.75) is 52.0 Å². The summed E-state index contributed by atoms with van der Waals surface area (Å²) in [6.07, 6.45) is 7.19. The number of hydrogen-bond donors (Lipinski definition) is 1. The van der Waals surface area contributed by atoms with Gasteiger partial charge in [0.15, 0.2) is 0 Å². The lowest BCUT2D eigenvalue weighted by atomic mass is 9.99. The summed E-state index contributed by atoms with van der Waals surface area (Å²) in [7, 11) is 0. The molecular weight excluding hydrogens is 272 g/mol. The van der Waals surface area contributed by atoms with Crippen LogP contribution in [0.15, 0.2) is 24.3 Å². The maximum Gasteiger partial charge on any atom is 0.223 e. The molecular formula is C19H28N2O. The lowest BCUT2D eigenvalue weighted by molar-refractivity contribution is -0.124. The molecule has 2 aliphatic rings. The summed E-state index contributed by atoms with van der Waals surface area (Å²) in [6.45, 7) is 5.32. The van der Waals surface area contributed by atoms with E-state index < -0.39 is 0 Å². The standard InChI is InChI=1S/C19H28N2O/c1-15-5-4-12-21(14-15)18-10-8-16(9-11-18)13-20-19(22)17-6-2-3-7-17/h8-11,15,17H,2-7,12-14H2,1H3,(H,20,22). The minimum atomic E-state index is 0.242. The summed E-state index contributed by atoms with van der Waals surface area (Å²) in [5, 5.41) is 3.09. The molecule has 0 radical (unpaired) electrons. The first-order chi connectivity index (χ1) is 10.7. The maximum atomic E-state index is 12.0. The summed E-state index contributed by atoms with van der Waals surface area (Å²) in [5.74, 6) is 1.29. The summed E-state index contributed by atoms with van der Waals surface area (Å²) < 4.78 is 0. The molecule has 1 aliphatic heterocycles. The fourth-order valence-corrected chi connectivity index (χ4v) is 3.77. The first kappa shape index (κ1) is 15.4. The number of nitrogens with zero attached hydrogens (tertiary/aromatic N) is 1. The first-order valence-electron chi connectivity index (χ1n) is 8.84. The Morgan fingerprint density at radius 2 is 1.86 bits per heavy atom. The summed E-state index contributed by atoms with van der Waals surface area (Å²) >= 11 is 0. The lowest BCUT2D eigenvalue weighted by Crippen LogP contribution is -2.34. The van der Waals surface area contributed by atoms with Gasteiger partial charge in [0.1, 0.15) is 0 Å². The number of hydrogen-bond acceptors (Lipinski definition) is 2. The smallest absolute Gasteiger partial charge is 0.223 e. The van der Waals surface area contributed by atoms with Gasteiger partial charge in [-0.05, 0) is 49.3 Å². The highest BCUT2D eigenvalue weighted by Crippen LogP contribution is 2.25. The summed E-state index contributed by atoms with van der Waals surface area (Å²) in [6, 6.07) is 8.72. The van der Waals surface area contributed by atoms with Gasteiger partial charge in [-0.25, -0.2) is 0 Å². The Morgan fingerprint density at radius 3 is 2.55 bits per heavy atom. The number of benzene rings is 1. The SMILES string of the molecule is CC1CCCN(c2ccc(CNC(=O)C3CCCC3)cc2)C1. The average molecular weight is 300 g/mol. The van der Waals surface area contributed by atoms with Gasteiger partial charge in [0, 0.05) is 31.2 Å². The molecule has 3 rings (SSSR count). The Balaban J connectivity index is 1.51. The monoisotopic (exact) mass is 300 g/mol. The van der Waals surface area contributed by atoms with Gasteiger partial charge in [-0.1, -0.05) is 31.9 Å². The van der Waals surface area contributed by atoms with Gasteiger partial charge in [-0.15, -0.1) is 0 Å². The molecule has 1 heterocycles. The van der Waals surface area contributed by atoms with E-state index >= 15 is 0 Å². The third kappa shape index (κ3) is 3.82. The third-order valence-electron chi connectivity index (χ3n) is 5.15. The second-order valence-corrected chi connectivity index (χ2v) is 7.06. The molecule has 22 heavy (non-hydrogen) atoms. The highest BCUT2D eigenvalue weighted by Gasteiger charge is 2.22. The van der Waals surface area contributed by atoms with Crippen molar-refractivity contribution in [2.24, 2.45) is 11.8 Å². The van der Waals surface area contributed by atoms with Crippen LogP contribution in [0.1, 0.15) is 51.0 Å². The molecule has 1 aromatic carbocycles. The molecule has 1 N–H and O–H groups in total. The maximum absolute atomic E-state index is 12.0. The second-order valence-electron chi connectivity index (χ2n) is 7.06. The minimum Gasteiger partial charge on any atom is -0.371 e. The molecule has 120 valence electrons. The molecule has 1 aromatic rings. The van der Waals surface area contributed by atoms with Crippen molar-refractivity contribution in [2.75, 3.05) is 18.0 Å². The Morgan fingerprint density at radius 1 is 1.14 bits per heavy atom. The Kier molecular flexibility index (Phi) is 5.01. The fraction of sp³-hybridized carbons (Fsp3) is 0.632. The molecule has 1 saturated carbocycles. The van der Waals surface area contributed by atoms with Crippen molar-refractivity contribution >= 4 is 11.6 Å². The van der Waals surface area contributed by atoms with E-state index in [0.717, 1.165) is 25.3 Å². The van der Waals surface area contributed by atoms with Gasteiger partial charge in [-0.2, -0.15) is 0 Å². The van der Waals surface area contributed by atoms with E-state index in [0.29, 0.717) is 6.54 Å². The van der Waals surface area contributed by atoms with Crippen LogP contribution in [-0.2, 0) is 11.3 Å². The van der Waals surface area contributed by atoms with Crippen LogP contribution in [0.25, 0.3) is 0 Å². The number of rotatable bonds is 4. The Labute approximate surface area is 134 Å². The van der Waals surface area contributed by atoms with Crippen molar-refractivity contribution in [3.05, 3.63) is 29.8 Å². The quantitative estimate of drug-likeness (QED) is 0.919. The number of piperidine rings is 1. The van der Waals surface area contributed by atoms with Crippen molar-refractivity contribution in [3.63, 3.8) is 0 Å². The van der Waals surface area contributed by atoms with Gasteiger partial charge in [-0.3, -0.25) is 4.79 Å². The second kappa shape index (κ2) is 7.17. The molecule has 1 atom stereocenters.